The van der Waals surface area contributed by atoms with E-state index in [0.717, 1.165) is 48.4 Å². The SMILES string of the molecule is O[C@H]1CC[C@H](Nc2ccc3ncc(C=Cc4ccncc4)n3n2)CC1. The molecule has 6 heteroatoms. The van der Waals surface area contributed by atoms with Crippen molar-refractivity contribution >= 4 is 23.6 Å². The standard InChI is InChI=1S/C19H21N5O/c25-17-5-2-15(3-6-17)22-18-7-8-19-21-13-16(24(19)23-18)4-1-14-9-11-20-12-10-14/h1,4,7-13,15,17,25H,2-3,5-6H2,(H,22,23)/t15-,17-. The van der Waals surface area contributed by atoms with Crippen LogP contribution in [0.15, 0.2) is 42.9 Å². The molecule has 2 N–H and O–H groups in total. The average Bonchev–Trinajstić information content (AvgIpc) is 3.05. The first-order chi connectivity index (χ1) is 12.3. The van der Waals surface area contributed by atoms with Gasteiger partial charge in [-0.25, -0.2) is 9.50 Å². The van der Waals surface area contributed by atoms with Crippen molar-refractivity contribution in [3.63, 3.8) is 0 Å². The largest absolute Gasteiger partial charge is 0.393 e. The van der Waals surface area contributed by atoms with Crippen molar-refractivity contribution in [3.8, 4) is 0 Å². The molecular weight excluding hydrogens is 314 g/mol. The quantitative estimate of drug-likeness (QED) is 0.766. The predicted molar refractivity (Wildman–Crippen MR) is 98.0 cm³/mol. The maximum atomic E-state index is 9.63. The molecular formula is C19H21N5O. The molecule has 0 aromatic carbocycles. The van der Waals surface area contributed by atoms with Gasteiger partial charge < -0.3 is 10.4 Å². The molecule has 1 aliphatic carbocycles. The summed E-state index contributed by atoms with van der Waals surface area (Å²) in [6.45, 7) is 0. The second-order valence-electron chi connectivity index (χ2n) is 6.44. The number of imidazole rings is 1. The smallest absolute Gasteiger partial charge is 0.154 e. The van der Waals surface area contributed by atoms with Gasteiger partial charge in [-0.1, -0.05) is 6.08 Å². The minimum absolute atomic E-state index is 0.146. The van der Waals surface area contributed by atoms with Gasteiger partial charge >= 0.3 is 0 Å². The van der Waals surface area contributed by atoms with E-state index in [1.165, 1.54) is 0 Å². The molecule has 4 rings (SSSR count). The van der Waals surface area contributed by atoms with Gasteiger partial charge in [0.05, 0.1) is 18.0 Å². The van der Waals surface area contributed by atoms with E-state index in [0.29, 0.717) is 6.04 Å². The Kier molecular flexibility index (Phi) is 4.43. The van der Waals surface area contributed by atoms with Gasteiger partial charge in [-0.05, 0) is 61.6 Å². The van der Waals surface area contributed by atoms with E-state index in [1.807, 2.05) is 47.1 Å². The van der Waals surface area contributed by atoms with Crippen LogP contribution in [0, 0.1) is 0 Å². The Labute approximate surface area is 146 Å². The highest BCUT2D eigenvalue weighted by Gasteiger charge is 2.19. The molecule has 0 spiro atoms. The van der Waals surface area contributed by atoms with Gasteiger partial charge in [-0.15, -0.1) is 5.10 Å². The zero-order chi connectivity index (χ0) is 17.1. The number of nitrogens with one attached hydrogen (secondary N) is 1. The summed E-state index contributed by atoms with van der Waals surface area (Å²) in [6.07, 6.45) is 12.9. The fraction of sp³-hybridized carbons (Fsp3) is 0.316. The summed E-state index contributed by atoms with van der Waals surface area (Å²) in [7, 11) is 0. The first-order valence-corrected chi connectivity index (χ1v) is 8.65. The van der Waals surface area contributed by atoms with Crippen molar-refractivity contribution in [3.05, 3.63) is 54.1 Å². The highest BCUT2D eigenvalue weighted by Crippen LogP contribution is 2.21. The second-order valence-corrected chi connectivity index (χ2v) is 6.44. The van der Waals surface area contributed by atoms with Crippen molar-refractivity contribution in [2.24, 2.45) is 0 Å². The molecule has 0 aliphatic heterocycles. The number of aliphatic hydroxyl groups excluding tert-OH is 1. The summed E-state index contributed by atoms with van der Waals surface area (Å²) >= 11 is 0. The Hall–Kier alpha value is -2.73. The Morgan fingerprint density at radius 3 is 2.64 bits per heavy atom. The molecule has 1 aliphatic rings. The molecule has 3 aromatic rings. The number of hydrogen-bond acceptors (Lipinski definition) is 5. The lowest BCUT2D eigenvalue weighted by Crippen LogP contribution is -2.28. The van der Waals surface area contributed by atoms with Crippen LogP contribution in [0.4, 0.5) is 5.82 Å². The van der Waals surface area contributed by atoms with Crippen LogP contribution < -0.4 is 5.32 Å². The normalized spacial score (nSPS) is 21.0. The highest BCUT2D eigenvalue weighted by molar-refractivity contribution is 5.69. The first kappa shape index (κ1) is 15.8. The van der Waals surface area contributed by atoms with E-state index in [9.17, 15) is 5.11 Å². The predicted octanol–water partition coefficient (Wildman–Crippen LogP) is 3.01. The van der Waals surface area contributed by atoms with Crippen molar-refractivity contribution in [2.45, 2.75) is 37.8 Å². The van der Waals surface area contributed by atoms with Crippen LogP contribution in [0.1, 0.15) is 36.9 Å². The van der Waals surface area contributed by atoms with Crippen LogP contribution in [-0.4, -0.2) is 36.8 Å². The molecule has 25 heavy (non-hydrogen) atoms. The average molecular weight is 335 g/mol. The van der Waals surface area contributed by atoms with E-state index < -0.39 is 0 Å². The topological polar surface area (TPSA) is 75.3 Å². The molecule has 3 aromatic heterocycles. The zero-order valence-corrected chi connectivity index (χ0v) is 13.9. The fourth-order valence-corrected chi connectivity index (χ4v) is 3.17. The number of aliphatic hydroxyl groups is 1. The third-order valence-electron chi connectivity index (χ3n) is 4.59. The van der Waals surface area contributed by atoms with E-state index in [4.69, 9.17) is 0 Å². The number of anilines is 1. The van der Waals surface area contributed by atoms with Crippen LogP contribution >= 0.6 is 0 Å². The van der Waals surface area contributed by atoms with Gasteiger partial charge in [0, 0.05) is 18.4 Å². The highest BCUT2D eigenvalue weighted by atomic mass is 16.3. The number of nitrogens with zero attached hydrogens (tertiary/aromatic N) is 4. The van der Waals surface area contributed by atoms with E-state index in [1.54, 1.807) is 12.4 Å². The van der Waals surface area contributed by atoms with Crippen LogP contribution in [0.25, 0.3) is 17.8 Å². The van der Waals surface area contributed by atoms with Crippen LogP contribution in [0.5, 0.6) is 0 Å². The van der Waals surface area contributed by atoms with Gasteiger partial charge in [0.1, 0.15) is 5.82 Å². The number of pyridine rings is 1. The van der Waals surface area contributed by atoms with Gasteiger partial charge in [-0.2, -0.15) is 0 Å². The van der Waals surface area contributed by atoms with Crippen molar-refractivity contribution < 1.29 is 5.11 Å². The number of aromatic nitrogens is 4. The van der Waals surface area contributed by atoms with Gasteiger partial charge in [0.15, 0.2) is 5.65 Å². The molecule has 0 radical (unpaired) electrons. The van der Waals surface area contributed by atoms with Crippen LogP contribution in [-0.2, 0) is 0 Å². The molecule has 0 unspecified atom stereocenters. The summed E-state index contributed by atoms with van der Waals surface area (Å²) in [5.41, 5.74) is 2.83. The third kappa shape index (κ3) is 3.69. The number of hydrogen-bond donors (Lipinski definition) is 2. The van der Waals surface area contributed by atoms with Gasteiger partial charge in [0.2, 0.25) is 0 Å². The molecule has 1 fully saturated rings. The van der Waals surface area contributed by atoms with E-state index in [2.05, 4.69) is 20.4 Å². The Balaban J connectivity index is 1.54. The number of fused-ring (bicyclic) bond motifs is 1. The molecule has 0 atom stereocenters. The lowest BCUT2D eigenvalue weighted by atomic mass is 9.93. The first-order valence-electron chi connectivity index (χ1n) is 8.65. The molecule has 1 saturated carbocycles. The monoisotopic (exact) mass is 335 g/mol. The minimum Gasteiger partial charge on any atom is -0.393 e. The van der Waals surface area contributed by atoms with Crippen molar-refractivity contribution in [1.29, 1.82) is 0 Å². The minimum atomic E-state index is -0.146. The summed E-state index contributed by atoms with van der Waals surface area (Å²) in [4.78, 5) is 8.43. The summed E-state index contributed by atoms with van der Waals surface area (Å²) in [5.74, 6) is 0.838. The van der Waals surface area contributed by atoms with Gasteiger partial charge in [0.25, 0.3) is 0 Å². The molecule has 0 saturated heterocycles. The van der Waals surface area contributed by atoms with E-state index >= 15 is 0 Å². The lowest BCUT2D eigenvalue weighted by Gasteiger charge is -2.26. The van der Waals surface area contributed by atoms with Gasteiger partial charge in [-0.3, -0.25) is 4.98 Å². The fourth-order valence-electron chi connectivity index (χ4n) is 3.17. The lowest BCUT2D eigenvalue weighted by molar-refractivity contribution is 0.126. The molecule has 0 amide bonds. The maximum absolute atomic E-state index is 9.63. The maximum Gasteiger partial charge on any atom is 0.154 e. The van der Waals surface area contributed by atoms with Crippen LogP contribution in [0.2, 0.25) is 0 Å². The Morgan fingerprint density at radius 1 is 1.04 bits per heavy atom. The molecule has 128 valence electrons. The summed E-state index contributed by atoms with van der Waals surface area (Å²) in [6, 6.07) is 8.21. The van der Waals surface area contributed by atoms with Crippen LogP contribution in [0.3, 0.4) is 0 Å². The van der Waals surface area contributed by atoms with Crippen molar-refractivity contribution in [2.75, 3.05) is 5.32 Å². The Morgan fingerprint density at radius 2 is 1.84 bits per heavy atom. The molecule has 3 heterocycles. The molecule has 6 nitrogen and oxygen atoms in total. The Bertz CT molecular complexity index is 866. The second kappa shape index (κ2) is 7.03. The third-order valence-corrected chi connectivity index (χ3v) is 4.59. The molecule has 0 bridgehead atoms. The van der Waals surface area contributed by atoms with Crippen molar-refractivity contribution in [1.82, 2.24) is 19.6 Å². The summed E-state index contributed by atoms with van der Waals surface area (Å²) in [5, 5.41) is 17.8. The summed E-state index contributed by atoms with van der Waals surface area (Å²) < 4.78 is 1.84. The van der Waals surface area contributed by atoms with E-state index in [-0.39, 0.29) is 6.10 Å². The number of rotatable bonds is 4. The zero-order valence-electron chi connectivity index (χ0n) is 13.9.